The lowest BCUT2D eigenvalue weighted by atomic mass is 9.97. The van der Waals surface area contributed by atoms with Gasteiger partial charge in [-0.25, -0.2) is 4.98 Å². The van der Waals surface area contributed by atoms with Crippen molar-refractivity contribution in [3.63, 3.8) is 0 Å². The summed E-state index contributed by atoms with van der Waals surface area (Å²) in [6.45, 7) is 2.09. The first-order chi connectivity index (χ1) is 13.8. The van der Waals surface area contributed by atoms with Crippen LogP contribution in [0.25, 0.3) is 0 Å². The van der Waals surface area contributed by atoms with Crippen LogP contribution in [0.1, 0.15) is 55.4 Å². The van der Waals surface area contributed by atoms with Gasteiger partial charge in [-0.1, -0.05) is 6.42 Å². The molecule has 2 aliphatic rings. The second-order valence-corrected chi connectivity index (χ2v) is 8.03. The van der Waals surface area contributed by atoms with Crippen molar-refractivity contribution in [3.05, 3.63) is 23.4 Å². The maximum Gasteiger partial charge on any atom is 0.433 e. The number of aromatic nitrogens is 5. The van der Waals surface area contributed by atoms with Gasteiger partial charge in [0.1, 0.15) is 17.5 Å². The Morgan fingerprint density at radius 1 is 1.03 bits per heavy atom. The van der Waals surface area contributed by atoms with Crippen molar-refractivity contribution in [2.75, 3.05) is 37.0 Å². The monoisotopic (exact) mass is 409 g/mol. The second kappa shape index (κ2) is 7.79. The molecular formula is C19H26F3N7. The first kappa shape index (κ1) is 19.9. The van der Waals surface area contributed by atoms with Crippen molar-refractivity contribution >= 4 is 11.8 Å². The number of hydrogen-bond donors (Lipinski definition) is 0. The molecule has 10 heteroatoms. The Morgan fingerprint density at radius 3 is 2.62 bits per heavy atom. The average molecular weight is 409 g/mol. The zero-order valence-corrected chi connectivity index (χ0v) is 16.8. The molecule has 158 valence electrons. The van der Waals surface area contributed by atoms with Crippen LogP contribution in [0, 0.1) is 0 Å². The minimum Gasteiger partial charge on any atom is -0.363 e. The third kappa shape index (κ3) is 4.16. The normalized spacial score (nSPS) is 20.3. The van der Waals surface area contributed by atoms with E-state index in [9.17, 15) is 13.2 Å². The van der Waals surface area contributed by atoms with Crippen molar-refractivity contribution in [2.45, 2.75) is 57.2 Å². The highest BCUT2D eigenvalue weighted by atomic mass is 19.4. The van der Waals surface area contributed by atoms with E-state index in [1.807, 2.05) is 4.90 Å². The molecule has 0 bridgehead atoms. The number of piperidine rings is 1. The van der Waals surface area contributed by atoms with Gasteiger partial charge in [-0.2, -0.15) is 18.2 Å². The lowest BCUT2D eigenvalue weighted by Crippen LogP contribution is -2.37. The van der Waals surface area contributed by atoms with Gasteiger partial charge in [-0.15, -0.1) is 10.2 Å². The molecule has 7 nitrogen and oxygen atoms in total. The van der Waals surface area contributed by atoms with E-state index in [1.54, 1.807) is 19.0 Å². The van der Waals surface area contributed by atoms with Crippen molar-refractivity contribution in [3.8, 4) is 0 Å². The topological polar surface area (TPSA) is 63.0 Å². The van der Waals surface area contributed by atoms with Crippen molar-refractivity contribution in [1.82, 2.24) is 24.7 Å². The molecule has 1 unspecified atom stereocenters. The molecule has 2 aliphatic heterocycles. The molecule has 2 aromatic rings. The number of nitrogens with zero attached hydrogens (tertiary/aromatic N) is 7. The number of fused-ring (bicyclic) bond motifs is 1. The third-order valence-electron chi connectivity index (χ3n) is 5.66. The van der Waals surface area contributed by atoms with Gasteiger partial charge in [-0.05, 0) is 25.7 Å². The molecule has 0 amide bonds. The second-order valence-electron chi connectivity index (χ2n) is 8.03. The number of rotatable bonds is 3. The molecule has 0 N–H and O–H groups in total. The molecule has 29 heavy (non-hydrogen) atoms. The van der Waals surface area contributed by atoms with E-state index in [-0.39, 0.29) is 17.7 Å². The summed E-state index contributed by atoms with van der Waals surface area (Å²) in [6, 6.07) is 0.989. The van der Waals surface area contributed by atoms with Crippen LogP contribution in [0.5, 0.6) is 0 Å². The summed E-state index contributed by atoms with van der Waals surface area (Å²) in [7, 11) is 3.35. The fourth-order valence-corrected chi connectivity index (χ4v) is 4.12. The SMILES string of the molecule is CN(C)c1cc(C(F)(F)F)nc(N2CCCC(c3nnc4n3CCCCC4)C2)n1. The Hall–Kier alpha value is -2.39. The van der Waals surface area contributed by atoms with E-state index in [0.717, 1.165) is 56.4 Å². The van der Waals surface area contributed by atoms with E-state index >= 15 is 0 Å². The molecule has 0 aliphatic carbocycles. The maximum atomic E-state index is 13.4. The van der Waals surface area contributed by atoms with Gasteiger partial charge < -0.3 is 14.4 Å². The summed E-state index contributed by atoms with van der Waals surface area (Å²) in [5, 5.41) is 8.83. The summed E-state index contributed by atoms with van der Waals surface area (Å²) in [5.41, 5.74) is -0.912. The summed E-state index contributed by atoms with van der Waals surface area (Å²) in [4.78, 5) is 11.7. The lowest BCUT2D eigenvalue weighted by Gasteiger charge is -2.33. The van der Waals surface area contributed by atoms with E-state index in [4.69, 9.17) is 0 Å². The predicted molar refractivity (Wildman–Crippen MR) is 103 cm³/mol. The van der Waals surface area contributed by atoms with Gasteiger partial charge in [0.2, 0.25) is 5.95 Å². The zero-order chi connectivity index (χ0) is 20.6. The third-order valence-corrected chi connectivity index (χ3v) is 5.66. The van der Waals surface area contributed by atoms with Gasteiger partial charge in [-0.3, -0.25) is 0 Å². The van der Waals surface area contributed by atoms with Gasteiger partial charge in [0.05, 0.1) is 0 Å². The number of halogens is 3. The van der Waals surface area contributed by atoms with E-state index in [2.05, 4.69) is 24.7 Å². The molecule has 2 aromatic heterocycles. The number of hydrogen-bond acceptors (Lipinski definition) is 6. The first-order valence-electron chi connectivity index (χ1n) is 10.1. The van der Waals surface area contributed by atoms with E-state index in [0.29, 0.717) is 13.1 Å². The number of anilines is 2. The molecule has 0 aromatic carbocycles. The highest BCUT2D eigenvalue weighted by Gasteiger charge is 2.35. The Labute approximate surface area is 168 Å². The molecule has 0 spiro atoms. The maximum absolute atomic E-state index is 13.4. The van der Waals surface area contributed by atoms with Crippen LogP contribution in [-0.2, 0) is 19.1 Å². The molecule has 0 radical (unpaired) electrons. The average Bonchev–Trinajstić information content (AvgIpc) is 2.95. The molecule has 1 saturated heterocycles. The van der Waals surface area contributed by atoms with Crippen LogP contribution < -0.4 is 9.80 Å². The Kier molecular flexibility index (Phi) is 5.35. The summed E-state index contributed by atoms with van der Waals surface area (Å²) < 4.78 is 42.3. The smallest absolute Gasteiger partial charge is 0.363 e. The van der Waals surface area contributed by atoms with Crippen LogP contribution in [0.15, 0.2) is 6.07 Å². The minimum absolute atomic E-state index is 0.115. The number of alkyl halides is 3. The van der Waals surface area contributed by atoms with Crippen LogP contribution in [0.2, 0.25) is 0 Å². The van der Waals surface area contributed by atoms with Gasteiger partial charge >= 0.3 is 6.18 Å². The van der Waals surface area contributed by atoms with Gasteiger partial charge in [0.25, 0.3) is 0 Å². The lowest BCUT2D eigenvalue weighted by molar-refractivity contribution is -0.141. The number of aryl methyl sites for hydroxylation is 1. The summed E-state index contributed by atoms with van der Waals surface area (Å²) >= 11 is 0. The molecule has 4 rings (SSSR count). The van der Waals surface area contributed by atoms with Gasteiger partial charge in [0, 0.05) is 52.1 Å². The van der Waals surface area contributed by atoms with Crippen molar-refractivity contribution in [1.29, 1.82) is 0 Å². The predicted octanol–water partition coefficient (Wildman–Crippen LogP) is 3.26. The summed E-state index contributed by atoms with van der Waals surface area (Å²) in [5.74, 6) is 2.47. The molecule has 1 fully saturated rings. The van der Waals surface area contributed by atoms with E-state index in [1.165, 1.54) is 6.42 Å². The van der Waals surface area contributed by atoms with E-state index < -0.39 is 11.9 Å². The standard InChI is InChI=1S/C19H26F3N7/c1-27(2)16-11-14(19(20,21)22)23-18(24-16)28-9-6-7-13(12-28)17-26-25-15-8-4-3-5-10-29(15)17/h11,13H,3-10,12H2,1-2H3. The van der Waals surface area contributed by atoms with Crippen molar-refractivity contribution in [2.24, 2.45) is 0 Å². The largest absolute Gasteiger partial charge is 0.433 e. The Morgan fingerprint density at radius 2 is 1.86 bits per heavy atom. The zero-order valence-electron chi connectivity index (χ0n) is 16.8. The van der Waals surface area contributed by atoms with Gasteiger partial charge in [0.15, 0.2) is 5.69 Å². The first-order valence-corrected chi connectivity index (χ1v) is 10.1. The highest BCUT2D eigenvalue weighted by Crippen LogP contribution is 2.33. The Balaban J connectivity index is 1.62. The van der Waals surface area contributed by atoms with Crippen LogP contribution in [-0.4, -0.2) is 51.9 Å². The van der Waals surface area contributed by atoms with Crippen molar-refractivity contribution < 1.29 is 13.2 Å². The fraction of sp³-hybridized carbons (Fsp3) is 0.684. The molecule has 0 saturated carbocycles. The van der Waals surface area contributed by atoms with Crippen LogP contribution in [0.3, 0.4) is 0 Å². The molecule has 4 heterocycles. The minimum atomic E-state index is -4.51. The fourth-order valence-electron chi connectivity index (χ4n) is 4.12. The molecule has 1 atom stereocenters. The van der Waals surface area contributed by atoms with Crippen LogP contribution in [0.4, 0.5) is 24.9 Å². The quantitative estimate of drug-likeness (QED) is 0.776. The summed E-state index contributed by atoms with van der Waals surface area (Å²) in [6.07, 6.45) is 1.63. The highest BCUT2D eigenvalue weighted by molar-refractivity contribution is 5.46. The molecular weight excluding hydrogens is 383 g/mol. The Bertz CT molecular complexity index is 862. The van der Waals surface area contributed by atoms with Crippen LogP contribution >= 0.6 is 0 Å².